The second-order valence-corrected chi connectivity index (χ2v) is 10.7. The van der Waals surface area contributed by atoms with Crippen molar-refractivity contribution in [1.82, 2.24) is 15.0 Å². The summed E-state index contributed by atoms with van der Waals surface area (Å²) in [5.74, 6) is 1.54. The minimum Gasteiger partial charge on any atom is -0.386 e. The maximum atomic E-state index is 6.70. The van der Waals surface area contributed by atoms with E-state index in [4.69, 9.17) is 14.4 Å². The first-order chi connectivity index (χ1) is 19.5. The van der Waals surface area contributed by atoms with Crippen LogP contribution in [0.25, 0.3) is 44.5 Å². The lowest BCUT2D eigenvalue weighted by Gasteiger charge is -2.04. The second-order valence-electron chi connectivity index (χ2n) is 10.7. The van der Waals surface area contributed by atoms with Gasteiger partial charge in [-0.1, -0.05) is 55.4 Å². The van der Waals surface area contributed by atoms with Crippen molar-refractivity contribution in [3.63, 3.8) is 0 Å². The number of nitrogens with zero attached hydrogens (tertiary/aromatic N) is 2. The summed E-state index contributed by atoms with van der Waals surface area (Å²) in [5.41, 5.74) is 17.0. The number of H-pyrrole nitrogens is 2. The number of hydrogen-bond donors (Lipinski definition) is 1. The number of aromatic amines is 2. The Hall–Kier alpha value is -3.47. The molecule has 8 bridgehead atoms. The number of fused-ring (bicyclic) bond motifs is 8. The van der Waals surface area contributed by atoms with Crippen molar-refractivity contribution in [2.75, 3.05) is 0 Å². The van der Waals surface area contributed by atoms with Crippen LogP contribution in [0.3, 0.4) is 0 Å². The van der Waals surface area contributed by atoms with Crippen LogP contribution in [0, 0.1) is 0 Å². The van der Waals surface area contributed by atoms with Crippen LogP contribution >= 0.6 is 0 Å². The number of aryl methyl sites for hydroxylation is 2. The maximum absolute atomic E-state index is 6.70. The molecule has 5 heterocycles. The van der Waals surface area contributed by atoms with Crippen molar-refractivity contribution in [3.8, 4) is 0 Å². The molecule has 0 radical (unpaired) electrons. The van der Waals surface area contributed by atoms with Gasteiger partial charge in [-0.3, -0.25) is 0 Å². The fourth-order valence-corrected chi connectivity index (χ4v) is 6.84. The molecule has 40 heavy (non-hydrogen) atoms. The molecule has 2 aromatic heterocycles. The third-order valence-electron chi connectivity index (χ3n) is 8.74. The zero-order valence-electron chi connectivity index (χ0n) is 25.7. The Morgan fingerprint density at radius 3 is 1.60 bits per heavy atom. The maximum Gasteiger partial charge on any atom is 0.377 e. The van der Waals surface area contributed by atoms with E-state index in [1.165, 1.54) is 55.6 Å². The van der Waals surface area contributed by atoms with E-state index in [1.807, 2.05) is 0 Å². The van der Waals surface area contributed by atoms with Crippen molar-refractivity contribution < 1.29 is 9.40 Å². The zero-order valence-corrected chi connectivity index (χ0v) is 25.7. The molecule has 0 fully saturated rings. The average Bonchev–Trinajstić information content (AvgIpc) is 3.67. The van der Waals surface area contributed by atoms with E-state index in [9.17, 15) is 0 Å². The smallest absolute Gasteiger partial charge is 0.377 e. The summed E-state index contributed by atoms with van der Waals surface area (Å²) in [7, 11) is 0. The molecule has 2 N–H and O–H groups in total. The highest BCUT2D eigenvalue weighted by Gasteiger charge is 2.29. The van der Waals surface area contributed by atoms with Gasteiger partial charge in [-0.2, -0.15) is 4.98 Å². The van der Waals surface area contributed by atoms with E-state index >= 15 is 0 Å². The van der Waals surface area contributed by atoms with Crippen LogP contribution in [0.15, 0.2) is 22.6 Å². The van der Waals surface area contributed by atoms with Crippen molar-refractivity contribution in [2.24, 2.45) is 0 Å². The SMILES string of the molecule is CCC1=C(CC)c2cc3[nH]c(cc4[nH+]c(oc5nc(cc1n2)C(CC)=C5CC)C(CC)=C4CC)c(CC)c3CC. The van der Waals surface area contributed by atoms with E-state index in [-0.39, 0.29) is 0 Å². The van der Waals surface area contributed by atoms with Gasteiger partial charge in [0.15, 0.2) is 0 Å². The molecule has 0 unspecified atom stereocenters. The molecule has 3 aliphatic heterocycles. The lowest BCUT2D eigenvalue weighted by Crippen LogP contribution is -2.07. The summed E-state index contributed by atoms with van der Waals surface area (Å²) in [6.07, 6.45) is 7.45. The first-order valence-electron chi connectivity index (χ1n) is 15.5. The van der Waals surface area contributed by atoms with Crippen LogP contribution in [0.2, 0.25) is 0 Å². The van der Waals surface area contributed by atoms with Crippen molar-refractivity contribution >= 4 is 44.5 Å². The molecule has 210 valence electrons. The van der Waals surface area contributed by atoms with Crippen LogP contribution in [0.4, 0.5) is 0 Å². The zero-order chi connectivity index (χ0) is 28.6. The van der Waals surface area contributed by atoms with Crippen LogP contribution in [0.1, 0.15) is 140 Å². The van der Waals surface area contributed by atoms with Crippen LogP contribution in [-0.2, 0) is 12.8 Å². The Balaban J connectivity index is 2.00. The molecule has 0 saturated carbocycles. The Morgan fingerprint density at radius 2 is 1.05 bits per heavy atom. The van der Waals surface area contributed by atoms with Crippen molar-refractivity contribution in [3.05, 3.63) is 63.9 Å². The first-order valence-corrected chi connectivity index (χ1v) is 15.5. The van der Waals surface area contributed by atoms with E-state index in [0.29, 0.717) is 0 Å². The molecule has 0 aromatic carbocycles. The quantitative estimate of drug-likeness (QED) is 0.364. The number of nitrogens with one attached hydrogen (secondary N) is 2. The molecule has 2 aromatic rings. The number of aromatic nitrogens is 4. The molecular formula is C35H45N4O+. The Labute approximate surface area is 239 Å². The molecule has 5 rings (SSSR count). The summed E-state index contributed by atoms with van der Waals surface area (Å²) in [6, 6.07) is 6.79. The second kappa shape index (κ2) is 11.6. The van der Waals surface area contributed by atoms with E-state index in [0.717, 1.165) is 85.9 Å². The Kier molecular flexibility index (Phi) is 8.11. The summed E-state index contributed by atoms with van der Waals surface area (Å²) < 4.78 is 6.70. The van der Waals surface area contributed by atoms with Gasteiger partial charge in [0.1, 0.15) is 0 Å². The first kappa shape index (κ1) is 28.1. The monoisotopic (exact) mass is 537 g/mol. The number of rotatable bonds is 8. The van der Waals surface area contributed by atoms with Gasteiger partial charge in [0.2, 0.25) is 11.6 Å². The lowest BCUT2D eigenvalue weighted by molar-refractivity contribution is -0.398. The number of hydrogen-bond acceptors (Lipinski definition) is 3. The highest BCUT2D eigenvalue weighted by molar-refractivity contribution is 5.95. The standard InChI is InChI=1S/C35H44N4O/c1-9-20-22(11-3)30-18-32-24(13-5)26(15-7)34(38-32)40-35-27(16-8)25(14-6)33(39-35)19-31-23(12-4)21(10-2)29(37-31)17-28(20)36-30/h17-19,36H,9-16H2,1-8H3/p+1. The van der Waals surface area contributed by atoms with Gasteiger partial charge in [0, 0.05) is 28.2 Å². The fourth-order valence-electron chi connectivity index (χ4n) is 6.84. The van der Waals surface area contributed by atoms with Gasteiger partial charge in [-0.15, -0.1) is 0 Å². The van der Waals surface area contributed by atoms with Gasteiger partial charge in [0.25, 0.3) is 0 Å². The summed E-state index contributed by atoms with van der Waals surface area (Å²) in [5, 5.41) is 0. The van der Waals surface area contributed by atoms with Gasteiger partial charge in [-0.05, 0) is 91.3 Å². The molecule has 0 amide bonds. The van der Waals surface area contributed by atoms with E-state index in [2.05, 4.69) is 83.6 Å². The topological polar surface area (TPSA) is 68.8 Å². The van der Waals surface area contributed by atoms with Crippen molar-refractivity contribution in [2.45, 2.75) is 107 Å². The largest absolute Gasteiger partial charge is 0.386 e. The van der Waals surface area contributed by atoms with Gasteiger partial charge in [-0.25, -0.2) is 9.97 Å². The van der Waals surface area contributed by atoms with Crippen molar-refractivity contribution in [1.29, 1.82) is 0 Å². The summed E-state index contributed by atoms with van der Waals surface area (Å²) in [6.45, 7) is 17.8. The molecule has 0 aliphatic carbocycles. The summed E-state index contributed by atoms with van der Waals surface area (Å²) in [4.78, 5) is 17.8. The molecule has 5 nitrogen and oxygen atoms in total. The average molecular weight is 538 g/mol. The minimum absolute atomic E-state index is 0.722. The van der Waals surface area contributed by atoms with Gasteiger partial charge in [0.05, 0.1) is 22.7 Å². The highest BCUT2D eigenvalue weighted by atomic mass is 16.4. The van der Waals surface area contributed by atoms with Crippen LogP contribution < -0.4 is 4.98 Å². The summed E-state index contributed by atoms with van der Waals surface area (Å²) >= 11 is 0. The molecule has 0 saturated heterocycles. The van der Waals surface area contributed by atoms with Gasteiger partial charge < -0.3 is 9.40 Å². The number of allylic oxidation sites excluding steroid dienone is 6. The molecule has 0 atom stereocenters. The fraction of sp³-hybridized carbons (Fsp3) is 0.457. The van der Waals surface area contributed by atoms with Crippen LogP contribution in [0.5, 0.6) is 0 Å². The third kappa shape index (κ3) is 4.53. The molecule has 3 aliphatic rings. The predicted molar refractivity (Wildman–Crippen MR) is 168 cm³/mol. The Morgan fingerprint density at radius 1 is 0.550 bits per heavy atom. The Bertz CT molecular complexity index is 1510. The normalized spacial score (nSPS) is 14.5. The van der Waals surface area contributed by atoms with Gasteiger partial charge >= 0.3 is 5.89 Å². The molecule has 5 heteroatoms. The van der Waals surface area contributed by atoms with E-state index < -0.39 is 0 Å². The lowest BCUT2D eigenvalue weighted by atomic mass is 9.98. The predicted octanol–water partition coefficient (Wildman–Crippen LogP) is 9.43. The highest BCUT2D eigenvalue weighted by Crippen LogP contribution is 2.40. The molecular weight excluding hydrogens is 492 g/mol. The van der Waals surface area contributed by atoms with E-state index in [1.54, 1.807) is 0 Å². The van der Waals surface area contributed by atoms with Crippen LogP contribution in [-0.4, -0.2) is 15.0 Å². The minimum atomic E-state index is 0.722. The third-order valence-corrected chi connectivity index (χ3v) is 8.74. The molecule has 0 spiro atoms.